The molecule has 0 fully saturated rings. The second-order valence-electron chi connectivity index (χ2n) is 3.90. The van der Waals surface area contributed by atoms with E-state index in [1.54, 1.807) is 0 Å². The van der Waals surface area contributed by atoms with Crippen LogP contribution < -0.4 is 0 Å². The summed E-state index contributed by atoms with van der Waals surface area (Å²) in [6, 6.07) is 6.56. The summed E-state index contributed by atoms with van der Waals surface area (Å²) in [5.41, 5.74) is -0.264. The number of azo groups is 1. The molecule has 6 nitrogen and oxygen atoms in total. The lowest BCUT2D eigenvalue weighted by atomic mass is 10.3. The van der Waals surface area contributed by atoms with Gasteiger partial charge in [-0.25, -0.2) is 4.39 Å². The van der Waals surface area contributed by atoms with Gasteiger partial charge in [-0.3, -0.25) is 4.55 Å². The third-order valence-electron chi connectivity index (χ3n) is 2.45. The van der Waals surface area contributed by atoms with Crippen LogP contribution in [0, 0.1) is 11.6 Å². The van der Waals surface area contributed by atoms with Gasteiger partial charge in [-0.1, -0.05) is 0 Å². The first-order chi connectivity index (χ1) is 9.79. The molecule has 0 heterocycles. The van der Waals surface area contributed by atoms with Crippen LogP contribution in [0.15, 0.2) is 51.5 Å². The molecule has 2 rings (SSSR count). The van der Waals surface area contributed by atoms with Crippen molar-refractivity contribution in [3.05, 3.63) is 48.0 Å². The first-order valence-electron chi connectivity index (χ1n) is 5.45. The molecule has 0 saturated carbocycles. The minimum atomic E-state index is -4.31. The molecule has 0 aliphatic carbocycles. The smallest absolute Gasteiger partial charge is 0.294 e. The summed E-state index contributed by atoms with van der Waals surface area (Å²) in [6.45, 7) is 0. The van der Waals surface area contributed by atoms with E-state index in [-0.39, 0.29) is 10.6 Å². The van der Waals surface area contributed by atoms with Crippen LogP contribution in [0.4, 0.5) is 20.2 Å². The summed E-state index contributed by atoms with van der Waals surface area (Å²) in [4.78, 5) is -0.330. The molecule has 0 bridgehead atoms. The van der Waals surface area contributed by atoms with Crippen molar-refractivity contribution in [2.24, 2.45) is 10.2 Å². The van der Waals surface area contributed by atoms with Gasteiger partial charge in [0, 0.05) is 0 Å². The molecule has 2 aromatic carbocycles. The molecule has 0 aliphatic heterocycles. The maximum Gasteiger partial charge on any atom is 0.294 e. The Bertz CT molecular complexity index is 805. The van der Waals surface area contributed by atoms with E-state index >= 15 is 0 Å². The zero-order valence-corrected chi connectivity index (χ0v) is 11.1. The fourth-order valence-electron chi connectivity index (χ4n) is 1.40. The van der Waals surface area contributed by atoms with Crippen molar-refractivity contribution in [2.75, 3.05) is 0 Å². The SMILES string of the molecule is O=S(=O)(O)c1ccc(N=Nc2ccc(O)c(F)c2F)cc1. The average Bonchev–Trinajstić information content (AvgIpc) is 2.43. The standard InChI is InChI=1S/C12H8F2N2O4S/c13-11-9(5-6-10(17)12(11)14)16-15-7-1-3-8(4-2-7)21(18,19)20/h1-6,17H,(H,18,19,20). The molecule has 0 aromatic heterocycles. The van der Waals surface area contributed by atoms with Crippen molar-refractivity contribution in [1.82, 2.24) is 0 Å². The van der Waals surface area contributed by atoms with Crippen molar-refractivity contribution in [2.45, 2.75) is 4.90 Å². The van der Waals surface area contributed by atoms with Gasteiger partial charge in [0.1, 0.15) is 5.69 Å². The number of phenolic OH excluding ortho intramolecular Hbond substituents is 1. The van der Waals surface area contributed by atoms with Gasteiger partial charge in [-0.2, -0.15) is 17.9 Å². The predicted octanol–water partition coefficient (Wildman–Crippen LogP) is 3.33. The Kier molecular flexibility index (Phi) is 3.96. The van der Waals surface area contributed by atoms with Crippen molar-refractivity contribution >= 4 is 21.5 Å². The van der Waals surface area contributed by atoms with Crippen LogP contribution in [0.1, 0.15) is 0 Å². The molecule has 0 unspecified atom stereocenters. The lowest BCUT2D eigenvalue weighted by Crippen LogP contribution is -1.96. The van der Waals surface area contributed by atoms with Crippen LogP contribution in [0.2, 0.25) is 0 Å². The van der Waals surface area contributed by atoms with E-state index in [0.717, 1.165) is 24.3 Å². The number of benzene rings is 2. The lowest BCUT2D eigenvalue weighted by molar-refractivity contribution is 0.407. The zero-order valence-electron chi connectivity index (χ0n) is 10.2. The van der Waals surface area contributed by atoms with E-state index in [4.69, 9.17) is 9.66 Å². The molecule has 0 spiro atoms. The molecule has 2 N–H and O–H groups in total. The van der Waals surface area contributed by atoms with E-state index in [2.05, 4.69) is 10.2 Å². The maximum absolute atomic E-state index is 13.4. The Hall–Kier alpha value is -2.39. The number of hydrogen-bond acceptors (Lipinski definition) is 5. The second kappa shape index (κ2) is 5.54. The Morgan fingerprint density at radius 3 is 2.10 bits per heavy atom. The van der Waals surface area contributed by atoms with Gasteiger partial charge in [0.15, 0.2) is 11.6 Å². The fourth-order valence-corrected chi connectivity index (χ4v) is 1.88. The molecule has 0 amide bonds. The Morgan fingerprint density at radius 2 is 1.52 bits per heavy atom. The summed E-state index contributed by atoms with van der Waals surface area (Å²) in [6.07, 6.45) is 0. The summed E-state index contributed by atoms with van der Waals surface area (Å²) in [5, 5.41) is 16.0. The van der Waals surface area contributed by atoms with Crippen LogP contribution in [0.25, 0.3) is 0 Å². The van der Waals surface area contributed by atoms with Crippen LogP contribution in [-0.2, 0) is 10.1 Å². The Balaban J connectivity index is 2.28. The largest absolute Gasteiger partial charge is 0.505 e. The van der Waals surface area contributed by atoms with Crippen LogP contribution in [0.3, 0.4) is 0 Å². The molecular formula is C12H8F2N2O4S. The van der Waals surface area contributed by atoms with Gasteiger partial charge in [0.25, 0.3) is 10.1 Å². The normalized spacial score (nSPS) is 12.0. The molecule has 0 radical (unpaired) electrons. The Labute approximate surface area is 118 Å². The van der Waals surface area contributed by atoms with Gasteiger partial charge >= 0.3 is 0 Å². The molecule has 2 aromatic rings. The van der Waals surface area contributed by atoms with Crippen molar-refractivity contribution in [1.29, 1.82) is 0 Å². The van der Waals surface area contributed by atoms with Crippen LogP contribution in [-0.4, -0.2) is 18.1 Å². The highest BCUT2D eigenvalue weighted by Gasteiger charge is 2.12. The highest BCUT2D eigenvalue weighted by Crippen LogP contribution is 2.28. The van der Waals surface area contributed by atoms with E-state index in [1.165, 1.54) is 12.1 Å². The minimum absolute atomic E-state index is 0.162. The van der Waals surface area contributed by atoms with Crippen molar-refractivity contribution < 1.29 is 26.9 Å². The number of phenols is 1. The summed E-state index contributed by atoms with van der Waals surface area (Å²) in [7, 11) is -4.31. The van der Waals surface area contributed by atoms with Crippen molar-refractivity contribution in [3.8, 4) is 5.75 Å². The van der Waals surface area contributed by atoms with Gasteiger partial charge in [-0.15, -0.1) is 5.11 Å². The van der Waals surface area contributed by atoms with Crippen LogP contribution in [0.5, 0.6) is 5.75 Å². The highest BCUT2D eigenvalue weighted by atomic mass is 32.2. The zero-order chi connectivity index (χ0) is 15.6. The van der Waals surface area contributed by atoms with E-state index < -0.39 is 33.2 Å². The van der Waals surface area contributed by atoms with E-state index in [1.807, 2.05) is 0 Å². The first kappa shape index (κ1) is 15.0. The lowest BCUT2D eigenvalue weighted by Gasteiger charge is -2.00. The monoisotopic (exact) mass is 314 g/mol. The number of rotatable bonds is 3. The summed E-state index contributed by atoms with van der Waals surface area (Å²) in [5.74, 6) is -3.63. The molecular weight excluding hydrogens is 306 g/mol. The minimum Gasteiger partial charge on any atom is -0.505 e. The molecule has 110 valence electrons. The fraction of sp³-hybridized carbons (Fsp3) is 0. The van der Waals surface area contributed by atoms with Gasteiger partial charge in [0.2, 0.25) is 5.82 Å². The molecule has 0 atom stereocenters. The summed E-state index contributed by atoms with van der Waals surface area (Å²) < 4.78 is 56.9. The van der Waals surface area contributed by atoms with E-state index in [9.17, 15) is 17.2 Å². The second-order valence-corrected chi connectivity index (χ2v) is 5.32. The van der Waals surface area contributed by atoms with E-state index in [0.29, 0.717) is 0 Å². The van der Waals surface area contributed by atoms with Crippen molar-refractivity contribution in [3.63, 3.8) is 0 Å². The number of halogens is 2. The Morgan fingerprint density at radius 1 is 0.905 bits per heavy atom. The predicted molar refractivity (Wildman–Crippen MR) is 68.5 cm³/mol. The molecule has 21 heavy (non-hydrogen) atoms. The quantitative estimate of drug-likeness (QED) is 0.670. The van der Waals surface area contributed by atoms with Gasteiger partial charge in [-0.05, 0) is 36.4 Å². The first-order valence-corrected chi connectivity index (χ1v) is 6.89. The third-order valence-corrected chi connectivity index (χ3v) is 3.32. The molecule has 0 saturated heterocycles. The van der Waals surface area contributed by atoms with Crippen LogP contribution >= 0.6 is 0 Å². The average molecular weight is 314 g/mol. The number of hydrogen-bond donors (Lipinski definition) is 2. The number of aromatic hydroxyl groups is 1. The maximum atomic E-state index is 13.4. The van der Waals surface area contributed by atoms with Gasteiger partial charge in [0.05, 0.1) is 10.6 Å². The number of nitrogens with zero attached hydrogens (tertiary/aromatic N) is 2. The van der Waals surface area contributed by atoms with Gasteiger partial charge < -0.3 is 5.11 Å². The topological polar surface area (TPSA) is 99.3 Å². The molecule has 0 aliphatic rings. The summed E-state index contributed by atoms with van der Waals surface area (Å²) >= 11 is 0. The molecule has 9 heteroatoms. The third kappa shape index (κ3) is 3.38. The highest BCUT2D eigenvalue weighted by molar-refractivity contribution is 7.85.